The molecule has 0 bridgehead atoms. The molecule has 1 aromatic rings. The van der Waals surface area contributed by atoms with Crippen LogP contribution in [-0.2, 0) is 19.1 Å². The highest BCUT2D eigenvalue weighted by atomic mass is 19.1. The number of imide groups is 1. The van der Waals surface area contributed by atoms with Crippen molar-refractivity contribution < 1.29 is 28.3 Å². The summed E-state index contributed by atoms with van der Waals surface area (Å²) in [6.07, 6.45) is 2.14. The van der Waals surface area contributed by atoms with E-state index in [4.69, 9.17) is 4.74 Å². The van der Waals surface area contributed by atoms with Crippen LogP contribution >= 0.6 is 0 Å². The molecule has 3 atom stereocenters. The van der Waals surface area contributed by atoms with Gasteiger partial charge in [-0.3, -0.25) is 24.1 Å². The number of amides is 2. The lowest BCUT2D eigenvalue weighted by Crippen LogP contribution is -2.34. The van der Waals surface area contributed by atoms with E-state index < -0.39 is 23.7 Å². The fourth-order valence-corrected chi connectivity index (χ4v) is 3.81. The van der Waals surface area contributed by atoms with Gasteiger partial charge in [0, 0.05) is 12.1 Å². The molecule has 3 rings (SSSR count). The van der Waals surface area contributed by atoms with Crippen LogP contribution in [0.5, 0.6) is 0 Å². The second-order valence-electron chi connectivity index (χ2n) is 7.08. The SMILES string of the molecule is C[C@@H](OC(=O)CCN1C(=O)[C@H]2CCCC[C@H]2C1=O)C(=O)c1ccc(F)cc1. The number of fused-ring (bicyclic) bond motifs is 1. The Morgan fingerprint density at radius 2 is 1.67 bits per heavy atom. The molecule has 27 heavy (non-hydrogen) atoms. The number of carbonyl (C=O) groups excluding carboxylic acids is 4. The first-order chi connectivity index (χ1) is 12.9. The zero-order valence-corrected chi connectivity index (χ0v) is 15.2. The van der Waals surface area contributed by atoms with Gasteiger partial charge < -0.3 is 4.74 Å². The number of esters is 1. The summed E-state index contributed by atoms with van der Waals surface area (Å²) in [5.41, 5.74) is 0.241. The van der Waals surface area contributed by atoms with E-state index in [1.54, 1.807) is 0 Å². The van der Waals surface area contributed by atoms with Crippen molar-refractivity contribution in [2.75, 3.05) is 6.54 Å². The molecule has 7 heteroatoms. The summed E-state index contributed by atoms with van der Waals surface area (Å²) >= 11 is 0. The second-order valence-corrected chi connectivity index (χ2v) is 7.08. The highest BCUT2D eigenvalue weighted by molar-refractivity contribution is 6.05. The van der Waals surface area contributed by atoms with Crippen molar-refractivity contribution in [1.82, 2.24) is 4.90 Å². The first-order valence-electron chi connectivity index (χ1n) is 9.23. The molecule has 144 valence electrons. The zero-order chi connectivity index (χ0) is 19.6. The monoisotopic (exact) mass is 375 g/mol. The van der Waals surface area contributed by atoms with Crippen LogP contribution in [0.15, 0.2) is 24.3 Å². The Hall–Kier alpha value is -2.57. The minimum absolute atomic E-state index is 0.0268. The van der Waals surface area contributed by atoms with Gasteiger partial charge in [0.1, 0.15) is 5.82 Å². The maximum atomic E-state index is 12.9. The average Bonchev–Trinajstić information content (AvgIpc) is 2.91. The van der Waals surface area contributed by atoms with Crippen LogP contribution in [0, 0.1) is 17.7 Å². The van der Waals surface area contributed by atoms with Gasteiger partial charge in [-0.15, -0.1) is 0 Å². The lowest BCUT2D eigenvalue weighted by atomic mass is 9.81. The van der Waals surface area contributed by atoms with Crippen LogP contribution < -0.4 is 0 Å². The third kappa shape index (κ3) is 4.07. The molecule has 1 saturated heterocycles. The third-order valence-corrected chi connectivity index (χ3v) is 5.28. The van der Waals surface area contributed by atoms with Crippen LogP contribution in [-0.4, -0.2) is 41.1 Å². The Balaban J connectivity index is 1.52. The molecule has 0 unspecified atom stereocenters. The van der Waals surface area contributed by atoms with Gasteiger partial charge >= 0.3 is 5.97 Å². The van der Waals surface area contributed by atoms with E-state index in [2.05, 4.69) is 0 Å². The van der Waals surface area contributed by atoms with Crippen molar-refractivity contribution in [3.8, 4) is 0 Å². The molecule has 2 amide bonds. The molecular formula is C20H22FNO5. The van der Waals surface area contributed by atoms with Gasteiger partial charge in [-0.25, -0.2) is 4.39 Å². The van der Waals surface area contributed by atoms with E-state index in [0.29, 0.717) is 0 Å². The minimum Gasteiger partial charge on any atom is -0.454 e. The number of carbonyl (C=O) groups is 4. The molecule has 1 aliphatic heterocycles. The number of hydrogen-bond donors (Lipinski definition) is 0. The van der Waals surface area contributed by atoms with E-state index in [1.165, 1.54) is 19.1 Å². The molecule has 0 spiro atoms. The molecule has 0 aromatic heterocycles. The summed E-state index contributed by atoms with van der Waals surface area (Å²) in [6, 6.07) is 4.97. The number of Topliss-reactive ketones (excluding diaryl/α,β-unsaturated/α-hetero) is 1. The molecule has 2 aliphatic rings. The standard InChI is InChI=1S/C20H22FNO5/c1-12(18(24)13-6-8-14(21)9-7-13)27-17(23)10-11-22-19(25)15-4-2-3-5-16(15)20(22)26/h6-9,12,15-16H,2-5,10-11H2,1H3/t12-,15-,16+/m1/s1. The summed E-state index contributed by atoms with van der Waals surface area (Å²) in [4.78, 5) is 50.2. The summed E-state index contributed by atoms with van der Waals surface area (Å²) in [5, 5.41) is 0. The molecule has 6 nitrogen and oxygen atoms in total. The van der Waals surface area contributed by atoms with Crippen LogP contribution in [0.25, 0.3) is 0 Å². The normalized spacial score (nSPS) is 23.1. The number of hydrogen-bond acceptors (Lipinski definition) is 5. The zero-order valence-electron chi connectivity index (χ0n) is 15.2. The van der Waals surface area contributed by atoms with Gasteiger partial charge in [-0.05, 0) is 44.0 Å². The topological polar surface area (TPSA) is 80.8 Å². The van der Waals surface area contributed by atoms with Crippen LogP contribution in [0.3, 0.4) is 0 Å². The Morgan fingerprint density at radius 3 is 2.22 bits per heavy atom. The highest BCUT2D eigenvalue weighted by Gasteiger charge is 2.47. The number of likely N-dealkylation sites (tertiary alicyclic amines) is 1. The smallest absolute Gasteiger partial charge is 0.308 e. The minimum atomic E-state index is -1.03. The molecule has 1 aliphatic carbocycles. The first kappa shape index (κ1) is 19.2. The van der Waals surface area contributed by atoms with Crippen LogP contribution in [0.1, 0.15) is 49.4 Å². The summed E-state index contributed by atoms with van der Waals surface area (Å²) in [7, 11) is 0. The maximum Gasteiger partial charge on any atom is 0.308 e. The Kier molecular flexibility index (Phi) is 5.68. The van der Waals surface area contributed by atoms with Gasteiger partial charge in [-0.2, -0.15) is 0 Å². The maximum absolute atomic E-state index is 12.9. The number of ether oxygens (including phenoxy) is 1. The molecule has 1 heterocycles. The average molecular weight is 375 g/mol. The predicted octanol–water partition coefficient (Wildman–Crippen LogP) is 2.51. The lowest BCUT2D eigenvalue weighted by Gasteiger charge is -2.19. The number of halogens is 1. The molecule has 1 saturated carbocycles. The predicted molar refractivity (Wildman–Crippen MR) is 93.1 cm³/mol. The van der Waals surface area contributed by atoms with E-state index in [9.17, 15) is 23.6 Å². The van der Waals surface area contributed by atoms with E-state index >= 15 is 0 Å². The van der Waals surface area contributed by atoms with Crippen molar-refractivity contribution in [3.05, 3.63) is 35.6 Å². The highest BCUT2D eigenvalue weighted by Crippen LogP contribution is 2.37. The molecule has 0 radical (unpaired) electrons. The van der Waals surface area contributed by atoms with Crippen molar-refractivity contribution >= 4 is 23.6 Å². The lowest BCUT2D eigenvalue weighted by molar-refractivity contribution is -0.147. The largest absolute Gasteiger partial charge is 0.454 e. The van der Waals surface area contributed by atoms with Gasteiger partial charge in [-0.1, -0.05) is 12.8 Å². The fraction of sp³-hybridized carbons (Fsp3) is 0.500. The van der Waals surface area contributed by atoms with Gasteiger partial charge in [0.25, 0.3) is 0 Å². The number of benzene rings is 1. The quantitative estimate of drug-likeness (QED) is 0.434. The van der Waals surface area contributed by atoms with Crippen molar-refractivity contribution in [3.63, 3.8) is 0 Å². The van der Waals surface area contributed by atoms with Crippen LogP contribution in [0.4, 0.5) is 4.39 Å². The van der Waals surface area contributed by atoms with E-state index in [1.807, 2.05) is 0 Å². The summed E-state index contributed by atoms with van der Waals surface area (Å²) in [5.74, 6) is -2.46. The van der Waals surface area contributed by atoms with E-state index in [-0.39, 0.29) is 42.2 Å². The number of ketones is 1. The molecule has 2 fully saturated rings. The first-order valence-corrected chi connectivity index (χ1v) is 9.23. The summed E-state index contributed by atoms with van der Waals surface area (Å²) < 4.78 is 18.0. The Morgan fingerprint density at radius 1 is 1.11 bits per heavy atom. The fourth-order valence-electron chi connectivity index (χ4n) is 3.81. The Labute approximate surface area is 156 Å². The number of rotatable bonds is 6. The number of nitrogens with zero attached hydrogens (tertiary/aromatic N) is 1. The third-order valence-electron chi connectivity index (χ3n) is 5.28. The molecule has 1 aromatic carbocycles. The summed E-state index contributed by atoms with van der Waals surface area (Å²) in [6.45, 7) is 1.41. The van der Waals surface area contributed by atoms with Crippen molar-refractivity contribution in [2.45, 2.75) is 45.1 Å². The van der Waals surface area contributed by atoms with Gasteiger partial charge in [0.15, 0.2) is 6.10 Å². The van der Waals surface area contributed by atoms with Gasteiger partial charge in [0.2, 0.25) is 17.6 Å². The van der Waals surface area contributed by atoms with Crippen molar-refractivity contribution in [1.29, 1.82) is 0 Å². The second kappa shape index (κ2) is 7.98. The van der Waals surface area contributed by atoms with Crippen molar-refractivity contribution in [2.24, 2.45) is 11.8 Å². The van der Waals surface area contributed by atoms with E-state index in [0.717, 1.165) is 42.7 Å². The Bertz CT molecular complexity index is 736. The molecular weight excluding hydrogens is 353 g/mol. The van der Waals surface area contributed by atoms with Crippen LogP contribution in [0.2, 0.25) is 0 Å². The molecule has 0 N–H and O–H groups in total. The van der Waals surface area contributed by atoms with Gasteiger partial charge in [0.05, 0.1) is 18.3 Å².